The molecule has 1 aliphatic rings. The Morgan fingerprint density at radius 2 is 1.84 bits per heavy atom. The molecule has 0 atom stereocenters. The van der Waals surface area contributed by atoms with Gasteiger partial charge >= 0.3 is 0 Å². The minimum Gasteiger partial charge on any atom is -0.362 e. The van der Waals surface area contributed by atoms with E-state index in [0.717, 1.165) is 0 Å². The van der Waals surface area contributed by atoms with Gasteiger partial charge in [-0.15, -0.1) is 10.2 Å². The van der Waals surface area contributed by atoms with Crippen molar-refractivity contribution in [3.63, 3.8) is 0 Å². The van der Waals surface area contributed by atoms with Gasteiger partial charge in [-0.25, -0.2) is 23.2 Å². The standard InChI is InChI=1S/C12H16N2.ClHO4/c1-11(14-9-2-3-10-14)6-7-12-5-4-8-13-12;2-1(3,4)5/h4-8H,2-3,9-10H2,1H3;(H,2,3,4,5). The quantitative estimate of drug-likeness (QED) is 0.608. The third-order valence-corrected chi connectivity index (χ3v) is 2.73. The molecule has 0 radical (unpaired) electrons. The molecule has 19 heavy (non-hydrogen) atoms. The van der Waals surface area contributed by atoms with Crippen molar-refractivity contribution in [2.45, 2.75) is 19.8 Å². The summed E-state index contributed by atoms with van der Waals surface area (Å²) >= 11 is 0. The molecule has 1 aromatic heterocycles. The van der Waals surface area contributed by atoms with E-state index in [1.165, 1.54) is 37.3 Å². The number of rotatable bonds is 2. The van der Waals surface area contributed by atoms with Gasteiger partial charge in [-0.3, -0.25) is 0 Å². The van der Waals surface area contributed by atoms with Crippen molar-refractivity contribution in [1.29, 1.82) is 0 Å². The average Bonchev–Trinajstić information content (AvgIpc) is 2.96. The van der Waals surface area contributed by atoms with Gasteiger partial charge in [0.05, 0.1) is 0 Å². The van der Waals surface area contributed by atoms with Crippen molar-refractivity contribution < 1.29 is 33.5 Å². The lowest BCUT2D eigenvalue weighted by Crippen LogP contribution is -2.68. The summed E-state index contributed by atoms with van der Waals surface area (Å²) in [6.07, 6.45) is 8.96. The van der Waals surface area contributed by atoms with Gasteiger partial charge in [0.2, 0.25) is 0 Å². The summed E-state index contributed by atoms with van der Waals surface area (Å²) in [5, 5.41) is 0. The van der Waals surface area contributed by atoms with Crippen LogP contribution in [0.4, 0.5) is 0 Å². The molecule has 0 saturated carbocycles. The van der Waals surface area contributed by atoms with Crippen LogP contribution in [0.5, 0.6) is 0 Å². The third-order valence-electron chi connectivity index (χ3n) is 2.73. The lowest BCUT2D eigenvalue weighted by atomic mass is 10.3. The van der Waals surface area contributed by atoms with Crippen molar-refractivity contribution in [3.05, 3.63) is 30.1 Å². The van der Waals surface area contributed by atoms with E-state index < -0.39 is 10.2 Å². The summed E-state index contributed by atoms with van der Waals surface area (Å²) in [6.45, 7) is 4.63. The molecule has 1 fully saturated rings. The van der Waals surface area contributed by atoms with E-state index >= 15 is 0 Å². The molecule has 6 nitrogen and oxygen atoms in total. The molecule has 0 amide bonds. The first-order valence-electron chi connectivity index (χ1n) is 5.88. The Kier molecular flexibility index (Phi) is 6.20. The molecule has 0 bridgehead atoms. The summed E-state index contributed by atoms with van der Waals surface area (Å²) in [5.41, 5.74) is 2.54. The second-order valence-electron chi connectivity index (χ2n) is 4.17. The molecule has 0 aromatic carbocycles. The predicted molar refractivity (Wildman–Crippen MR) is 59.7 cm³/mol. The third kappa shape index (κ3) is 7.76. The molecule has 1 saturated heterocycles. The van der Waals surface area contributed by atoms with E-state index in [9.17, 15) is 0 Å². The highest BCUT2D eigenvalue weighted by molar-refractivity contribution is 5.92. The van der Waals surface area contributed by atoms with Crippen molar-refractivity contribution in [1.82, 2.24) is 4.98 Å². The first-order chi connectivity index (χ1) is 8.86. The SMILES string of the molecule is CC(/C=C/c1ccc[nH]1)=[N+]1CCCC1.[O-][Cl+3]([O-])([O-])[O-]. The van der Waals surface area contributed by atoms with Crippen molar-refractivity contribution >= 4 is 11.8 Å². The van der Waals surface area contributed by atoms with E-state index in [4.69, 9.17) is 18.6 Å². The lowest BCUT2D eigenvalue weighted by Gasteiger charge is -2.17. The smallest absolute Gasteiger partial charge is 0.172 e. The normalized spacial score (nSPS) is 15.5. The zero-order chi connectivity index (χ0) is 14.3. The van der Waals surface area contributed by atoms with Crippen LogP contribution in [0.2, 0.25) is 0 Å². The first-order valence-corrected chi connectivity index (χ1v) is 7.11. The fraction of sp³-hybridized carbons (Fsp3) is 0.417. The Morgan fingerprint density at radius 3 is 2.32 bits per heavy atom. The van der Waals surface area contributed by atoms with Gasteiger partial charge in [-0.2, -0.15) is 0 Å². The zero-order valence-corrected chi connectivity index (χ0v) is 11.4. The van der Waals surface area contributed by atoms with Gasteiger partial charge in [0.1, 0.15) is 13.1 Å². The molecular weight excluding hydrogens is 272 g/mol. The fourth-order valence-electron chi connectivity index (χ4n) is 1.83. The molecule has 106 valence electrons. The van der Waals surface area contributed by atoms with E-state index in [2.05, 4.69) is 34.7 Å². The minimum atomic E-state index is -4.94. The highest BCUT2D eigenvalue weighted by Crippen LogP contribution is 2.03. The Morgan fingerprint density at radius 1 is 1.26 bits per heavy atom. The Labute approximate surface area is 114 Å². The number of allylic oxidation sites excluding steroid dienone is 1. The molecule has 1 aromatic rings. The number of halogens is 1. The van der Waals surface area contributed by atoms with E-state index in [-0.39, 0.29) is 0 Å². The first kappa shape index (κ1) is 15.9. The molecule has 2 heterocycles. The van der Waals surface area contributed by atoms with E-state index in [1.807, 2.05) is 12.3 Å². The monoisotopic (exact) mass is 288 g/mol. The number of H-pyrrole nitrogens is 1. The molecule has 0 unspecified atom stereocenters. The van der Waals surface area contributed by atoms with Gasteiger partial charge in [0.15, 0.2) is 5.71 Å². The molecular formula is C12H17ClN2O4. The maximum Gasteiger partial charge on any atom is 0.172 e. The van der Waals surface area contributed by atoms with Crippen LogP contribution >= 0.6 is 0 Å². The van der Waals surface area contributed by atoms with Crippen LogP contribution in [0.15, 0.2) is 24.4 Å². The number of nitrogens with zero attached hydrogens (tertiary/aromatic N) is 1. The highest BCUT2D eigenvalue weighted by Gasteiger charge is 2.14. The molecule has 7 heteroatoms. The van der Waals surface area contributed by atoms with Crippen LogP contribution in [0.1, 0.15) is 25.5 Å². The number of hydrogen-bond acceptors (Lipinski definition) is 4. The Hall–Kier alpha value is -1.18. The lowest BCUT2D eigenvalue weighted by molar-refractivity contribution is -2.00. The second kappa shape index (κ2) is 7.42. The maximum absolute atomic E-state index is 8.49. The highest BCUT2D eigenvalue weighted by atomic mass is 35.7. The zero-order valence-electron chi connectivity index (χ0n) is 10.7. The number of aromatic nitrogens is 1. The summed E-state index contributed by atoms with van der Waals surface area (Å²) < 4.78 is 36.4. The largest absolute Gasteiger partial charge is 0.362 e. The van der Waals surface area contributed by atoms with Crippen molar-refractivity contribution in [3.8, 4) is 0 Å². The summed E-state index contributed by atoms with van der Waals surface area (Å²) in [7, 11) is -4.94. The number of nitrogens with one attached hydrogen (secondary N) is 1. The van der Waals surface area contributed by atoms with Gasteiger partial charge < -0.3 is 4.98 Å². The van der Waals surface area contributed by atoms with Crippen LogP contribution < -0.4 is 18.6 Å². The molecule has 0 spiro atoms. The van der Waals surface area contributed by atoms with Crippen molar-refractivity contribution in [2.75, 3.05) is 13.1 Å². The van der Waals surface area contributed by atoms with Crippen LogP contribution in [-0.2, 0) is 0 Å². The van der Waals surface area contributed by atoms with Crippen LogP contribution in [-0.4, -0.2) is 28.4 Å². The van der Waals surface area contributed by atoms with Crippen LogP contribution in [0.3, 0.4) is 0 Å². The molecule has 1 aliphatic heterocycles. The summed E-state index contributed by atoms with van der Waals surface area (Å²) in [4.78, 5) is 3.16. The molecule has 0 aliphatic carbocycles. The Bertz CT molecular complexity index is 421. The predicted octanol–water partition coefficient (Wildman–Crippen LogP) is -2.46. The minimum absolute atomic E-state index is 1.17. The molecule has 1 N–H and O–H groups in total. The number of hydrogen-bond donors (Lipinski definition) is 1. The van der Waals surface area contributed by atoms with Gasteiger partial charge in [0.25, 0.3) is 0 Å². The summed E-state index contributed by atoms with van der Waals surface area (Å²) in [6, 6.07) is 4.10. The van der Waals surface area contributed by atoms with Gasteiger partial charge in [0, 0.05) is 37.7 Å². The van der Waals surface area contributed by atoms with E-state index in [1.54, 1.807) is 0 Å². The van der Waals surface area contributed by atoms with E-state index in [0.29, 0.717) is 0 Å². The maximum atomic E-state index is 8.49. The topological polar surface area (TPSA) is 111 Å². The number of aromatic amines is 1. The van der Waals surface area contributed by atoms with Crippen LogP contribution in [0, 0.1) is 10.2 Å². The summed E-state index contributed by atoms with van der Waals surface area (Å²) in [5.74, 6) is 0. The Balaban J connectivity index is 0.000000312. The van der Waals surface area contributed by atoms with Gasteiger partial charge in [-0.05, 0) is 18.2 Å². The molecule has 2 rings (SSSR count). The van der Waals surface area contributed by atoms with Crippen molar-refractivity contribution in [2.24, 2.45) is 0 Å². The fourth-order valence-corrected chi connectivity index (χ4v) is 1.83. The van der Waals surface area contributed by atoms with Crippen LogP contribution in [0.25, 0.3) is 6.08 Å². The second-order valence-corrected chi connectivity index (χ2v) is 4.93. The van der Waals surface area contributed by atoms with Gasteiger partial charge in [-0.1, -0.05) is 0 Å². The average molecular weight is 289 g/mol.